The molecule has 1 aromatic heterocycles. The fourth-order valence-corrected chi connectivity index (χ4v) is 2.00. The minimum Gasteiger partial charge on any atom is -0.481 e. The molecule has 0 bridgehead atoms. The van der Waals surface area contributed by atoms with Crippen molar-refractivity contribution >= 4 is 23.3 Å². The van der Waals surface area contributed by atoms with E-state index in [1.165, 1.54) is 0 Å². The first-order valence-corrected chi connectivity index (χ1v) is 5.49. The van der Waals surface area contributed by atoms with E-state index < -0.39 is 17.9 Å². The number of rotatable bonds is 6. The van der Waals surface area contributed by atoms with Crippen molar-refractivity contribution in [1.29, 1.82) is 0 Å². The third-order valence-corrected chi connectivity index (χ3v) is 2.86. The highest BCUT2D eigenvalue weighted by Gasteiger charge is 2.20. The monoisotopic (exact) mass is 228 g/mol. The highest BCUT2D eigenvalue weighted by atomic mass is 32.1. The first-order chi connectivity index (χ1) is 7.09. The largest absolute Gasteiger partial charge is 0.481 e. The Morgan fingerprint density at radius 3 is 2.60 bits per heavy atom. The van der Waals surface area contributed by atoms with Crippen LogP contribution in [0.5, 0.6) is 0 Å². The number of carbonyl (C=O) groups is 2. The second-order valence-electron chi connectivity index (χ2n) is 3.30. The lowest BCUT2D eigenvalue weighted by atomic mass is 9.98. The van der Waals surface area contributed by atoms with E-state index in [0.717, 1.165) is 5.56 Å². The Hall–Kier alpha value is -1.36. The summed E-state index contributed by atoms with van der Waals surface area (Å²) in [5.74, 6) is -2.89. The van der Waals surface area contributed by atoms with Crippen molar-refractivity contribution in [3.05, 3.63) is 22.4 Å². The van der Waals surface area contributed by atoms with E-state index in [0.29, 0.717) is 12.8 Å². The molecule has 1 rings (SSSR count). The Morgan fingerprint density at radius 2 is 2.13 bits per heavy atom. The number of thiophene rings is 1. The van der Waals surface area contributed by atoms with Crippen molar-refractivity contribution in [2.45, 2.75) is 19.3 Å². The van der Waals surface area contributed by atoms with E-state index in [1.807, 2.05) is 16.8 Å². The summed E-state index contributed by atoms with van der Waals surface area (Å²) in [6, 6.07) is 1.92. The second kappa shape index (κ2) is 5.50. The van der Waals surface area contributed by atoms with Gasteiger partial charge in [0.15, 0.2) is 0 Å². The first-order valence-electron chi connectivity index (χ1n) is 4.55. The van der Waals surface area contributed by atoms with Crippen molar-refractivity contribution in [1.82, 2.24) is 0 Å². The van der Waals surface area contributed by atoms with E-state index in [-0.39, 0.29) is 6.42 Å². The lowest BCUT2D eigenvalue weighted by Crippen LogP contribution is -2.18. The molecule has 1 aromatic rings. The molecule has 1 heterocycles. The summed E-state index contributed by atoms with van der Waals surface area (Å²) < 4.78 is 0. The molecule has 2 N–H and O–H groups in total. The molecule has 82 valence electrons. The van der Waals surface area contributed by atoms with Gasteiger partial charge >= 0.3 is 11.9 Å². The zero-order valence-corrected chi connectivity index (χ0v) is 8.87. The summed E-state index contributed by atoms with van der Waals surface area (Å²) in [6.07, 6.45) is 0.686. The molecule has 4 nitrogen and oxygen atoms in total. The van der Waals surface area contributed by atoms with Gasteiger partial charge in [0.1, 0.15) is 0 Å². The third kappa shape index (κ3) is 4.12. The average Bonchev–Trinajstić information content (AvgIpc) is 2.63. The molecule has 15 heavy (non-hydrogen) atoms. The van der Waals surface area contributed by atoms with Crippen molar-refractivity contribution in [2.75, 3.05) is 0 Å². The van der Waals surface area contributed by atoms with Crippen molar-refractivity contribution < 1.29 is 19.8 Å². The summed E-state index contributed by atoms with van der Waals surface area (Å²) in [6.45, 7) is 0. The summed E-state index contributed by atoms with van der Waals surface area (Å²) in [7, 11) is 0. The van der Waals surface area contributed by atoms with Crippen molar-refractivity contribution in [3.63, 3.8) is 0 Å². The number of hydrogen-bond donors (Lipinski definition) is 2. The van der Waals surface area contributed by atoms with Gasteiger partial charge in [-0.2, -0.15) is 11.3 Å². The smallest absolute Gasteiger partial charge is 0.307 e. The lowest BCUT2D eigenvalue weighted by molar-refractivity contribution is -0.148. The molecule has 1 unspecified atom stereocenters. The molecule has 1 atom stereocenters. The lowest BCUT2D eigenvalue weighted by Gasteiger charge is -2.08. The number of aliphatic carboxylic acids is 2. The average molecular weight is 228 g/mol. The van der Waals surface area contributed by atoms with Gasteiger partial charge in [0, 0.05) is 0 Å². The molecular weight excluding hydrogens is 216 g/mol. The maximum atomic E-state index is 10.7. The number of carboxylic acid groups (broad SMARTS) is 2. The zero-order chi connectivity index (χ0) is 11.3. The predicted molar refractivity (Wildman–Crippen MR) is 56.0 cm³/mol. The molecule has 0 fully saturated rings. The maximum absolute atomic E-state index is 10.7. The molecular formula is C10H12O4S. The van der Waals surface area contributed by atoms with Gasteiger partial charge in [-0.15, -0.1) is 0 Å². The van der Waals surface area contributed by atoms with Crippen LogP contribution in [0, 0.1) is 5.92 Å². The summed E-state index contributed by atoms with van der Waals surface area (Å²) in [4.78, 5) is 21.1. The van der Waals surface area contributed by atoms with Crippen LogP contribution in [0.25, 0.3) is 0 Å². The van der Waals surface area contributed by atoms with Crippen LogP contribution in [0.2, 0.25) is 0 Å². The zero-order valence-electron chi connectivity index (χ0n) is 8.05. The molecule has 0 aromatic carbocycles. The van der Waals surface area contributed by atoms with E-state index in [1.54, 1.807) is 11.3 Å². The Bertz CT molecular complexity index is 331. The van der Waals surface area contributed by atoms with Gasteiger partial charge < -0.3 is 10.2 Å². The van der Waals surface area contributed by atoms with E-state index >= 15 is 0 Å². The third-order valence-electron chi connectivity index (χ3n) is 2.13. The van der Waals surface area contributed by atoms with Gasteiger partial charge in [0.2, 0.25) is 0 Å². The molecule has 5 heteroatoms. The normalized spacial score (nSPS) is 12.3. The molecule has 0 saturated heterocycles. The van der Waals surface area contributed by atoms with Crippen LogP contribution in [-0.4, -0.2) is 22.2 Å². The van der Waals surface area contributed by atoms with Crippen LogP contribution in [0.15, 0.2) is 16.8 Å². The quantitative estimate of drug-likeness (QED) is 0.779. The molecule has 0 amide bonds. The predicted octanol–water partition coefficient (Wildman–Crippen LogP) is 1.86. The van der Waals surface area contributed by atoms with Crippen molar-refractivity contribution in [2.24, 2.45) is 5.92 Å². The van der Waals surface area contributed by atoms with Gasteiger partial charge in [-0.3, -0.25) is 9.59 Å². The Kier molecular flexibility index (Phi) is 4.30. The molecule has 0 spiro atoms. The van der Waals surface area contributed by atoms with E-state index in [2.05, 4.69) is 0 Å². The van der Waals surface area contributed by atoms with Gasteiger partial charge in [-0.1, -0.05) is 0 Å². The van der Waals surface area contributed by atoms with Crippen LogP contribution in [-0.2, 0) is 16.0 Å². The molecule has 0 aliphatic carbocycles. The summed E-state index contributed by atoms with van der Waals surface area (Å²) in [5.41, 5.74) is 1.07. The fraction of sp³-hybridized carbons (Fsp3) is 0.400. The Balaban J connectivity index is 2.45. The minimum atomic E-state index is -1.06. The SMILES string of the molecule is O=C(O)CC(CCc1ccsc1)C(=O)O. The van der Waals surface area contributed by atoms with Gasteiger partial charge in [-0.05, 0) is 35.2 Å². The minimum absolute atomic E-state index is 0.306. The van der Waals surface area contributed by atoms with Crippen LogP contribution >= 0.6 is 11.3 Å². The Morgan fingerprint density at radius 1 is 1.40 bits per heavy atom. The summed E-state index contributed by atoms with van der Waals surface area (Å²) >= 11 is 1.55. The van der Waals surface area contributed by atoms with Gasteiger partial charge in [0.05, 0.1) is 12.3 Å². The highest BCUT2D eigenvalue weighted by molar-refractivity contribution is 7.07. The fourth-order valence-electron chi connectivity index (χ4n) is 1.30. The first kappa shape index (κ1) is 11.7. The van der Waals surface area contributed by atoms with Crippen LogP contribution in [0.1, 0.15) is 18.4 Å². The molecule has 0 radical (unpaired) electrons. The topological polar surface area (TPSA) is 74.6 Å². The molecule has 0 aliphatic heterocycles. The van der Waals surface area contributed by atoms with Crippen LogP contribution in [0.3, 0.4) is 0 Å². The van der Waals surface area contributed by atoms with Gasteiger partial charge in [0.25, 0.3) is 0 Å². The van der Waals surface area contributed by atoms with Gasteiger partial charge in [-0.25, -0.2) is 0 Å². The van der Waals surface area contributed by atoms with Crippen LogP contribution < -0.4 is 0 Å². The maximum Gasteiger partial charge on any atom is 0.307 e. The molecule has 0 saturated carbocycles. The Labute approximate surface area is 91.2 Å². The summed E-state index contributed by atoms with van der Waals surface area (Å²) in [5, 5.41) is 21.2. The van der Waals surface area contributed by atoms with Crippen molar-refractivity contribution in [3.8, 4) is 0 Å². The molecule has 0 aliphatic rings. The number of aryl methyl sites for hydroxylation is 1. The highest BCUT2D eigenvalue weighted by Crippen LogP contribution is 2.15. The second-order valence-corrected chi connectivity index (χ2v) is 4.08. The van der Waals surface area contributed by atoms with E-state index in [4.69, 9.17) is 10.2 Å². The number of hydrogen-bond acceptors (Lipinski definition) is 3. The van der Waals surface area contributed by atoms with Crippen LogP contribution in [0.4, 0.5) is 0 Å². The van der Waals surface area contributed by atoms with E-state index in [9.17, 15) is 9.59 Å². The standard InChI is InChI=1S/C10H12O4S/c11-9(12)5-8(10(13)14)2-1-7-3-4-15-6-7/h3-4,6,8H,1-2,5H2,(H,11,12)(H,13,14). The number of carboxylic acids is 2.